The van der Waals surface area contributed by atoms with E-state index in [1.165, 1.54) is 25.0 Å². The van der Waals surface area contributed by atoms with Crippen molar-refractivity contribution in [3.8, 4) is 0 Å². The van der Waals surface area contributed by atoms with Crippen LogP contribution in [0.5, 0.6) is 0 Å². The summed E-state index contributed by atoms with van der Waals surface area (Å²) >= 11 is 0. The number of halogens is 1. The van der Waals surface area contributed by atoms with E-state index < -0.39 is 0 Å². The summed E-state index contributed by atoms with van der Waals surface area (Å²) in [6.45, 7) is 6.96. The average molecular weight is 275 g/mol. The molecule has 3 rings (SSSR count). The third-order valence-electron chi connectivity index (χ3n) is 6.21. The number of amides is 1. The Morgan fingerprint density at radius 1 is 1.25 bits per heavy atom. The van der Waals surface area contributed by atoms with E-state index in [1.54, 1.807) is 12.1 Å². The SMILES string of the molecule is CC1(C)[C@@H]2CC[C@@]1(C)[C@@H](NC(=O)c1ccc(F)cc1)C2. The molecule has 3 heteroatoms. The average Bonchev–Trinajstić information content (AvgIpc) is 2.72. The number of nitrogens with one attached hydrogen (secondary N) is 1. The minimum absolute atomic E-state index is 0.0837. The van der Waals surface area contributed by atoms with Crippen molar-refractivity contribution in [3.05, 3.63) is 35.6 Å². The summed E-state index contributed by atoms with van der Waals surface area (Å²) in [6.07, 6.45) is 3.52. The van der Waals surface area contributed by atoms with Crippen LogP contribution >= 0.6 is 0 Å². The lowest BCUT2D eigenvalue weighted by molar-refractivity contribution is 0.0826. The van der Waals surface area contributed by atoms with Crippen molar-refractivity contribution in [3.63, 3.8) is 0 Å². The first kappa shape index (κ1) is 13.6. The van der Waals surface area contributed by atoms with E-state index in [0.717, 1.165) is 6.42 Å². The number of rotatable bonds is 2. The van der Waals surface area contributed by atoms with Gasteiger partial charge in [0.05, 0.1) is 0 Å². The van der Waals surface area contributed by atoms with Gasteiger partial charge >= 0.3 is 0 Å². The van der Waals surface area contributed by atoms with E-state index >= 15 is 0 Å². The molecule has 2 fully saturated rings. The predicted octanol–water partition coefficient (Wildman–Crippen LogP) is 3.77. The molecule has 2 aliphatic carbocycles. The number of hydrogen-bond acceptors (Lipinski definition) is 1. The lowest BCUT2D eigenvalue weighted by atomic mass is 9.69. The Labute approximate surface area is 119 Å². The summed E-state index contributed by atoms with van der Waals surface area (Å²) in [5.74, 6) is 0.306. The number of carbonyl (C=O) groups excluding carboxylic acids is 1. The Morgan fingerprint density at radius 3 is 2.40 bits per heavy atom. The van der Waals surface area contributed by atoms with Gasteiger partial charge in [-0.2, -0.15) is 0 Å². The second-order valence-electron chi connectivity index (χ2n) is 7.14. The van der Waals surface area contributed by atoms with Crippen molar-refractivity contribution < 1.29 is 9.18 Å². The fraction of sp³-hybridized carbons (Fsp3) is 0.588. The summed E-state index contributed by atoms with van der Waals surface area (Å²) in [5, 5.41) is 3.18. The molecule has 0 heterocycles. The topological polar surface area (TPSA) is 29.1 Å². The highest BCUT2D eigenvalue weighted by atomic mass is 19.1. The van der Waals surface area contributed by atoms with Gasteiger partial charge < -0.3 is 5.32 Å². The molecule has 20 heavy (non-hydrogen) atoms. The van der Waals surface area contributed by atoms with Crippen molar-refractivity contribution >= 4 is 5.91 Å². The first-order chi connectivity index (χ1) is 9.34. The maximum atomic E-state index is 12.9. The summed E-state index contributed by atoms with van der Waals surface area (Å²) in [5.41, 5.74) is 0.997. The third kappa shape index (κ3) is 1.79. The van der Waals surface area contributed by atoms with E-state index in [4.69, 9.17) is 0 Å². The monoisotopic (exact) mass is 275 g/mol. The lowest BCUT2D eigenvalue weighted by Gasteiger charge is -2.39. The largest absolute Gasteiger partial charge is 0.349 e. The van der Waals surface area contributed by atoms with Gasteiger partial charge in [0.1, 0.15) is 5.82 Å². The van der Waals surface area contributed by atoms with Gasteiger partial charge in [0, 0.05) is 11.6 Å². The summed E-state index contributed by atoms with van der Waals surface area (Å²) in [7, 11) is 0. The van der Waals surface area contributed by atoms with Crippen LogP contribution in [0.15, 0.2) is 24.3 Å². The molecule has 1 N–H and O–H groups in total. The van der Waals surface area contributed by atoms with Crippen LogP contribution in [0, 0.1) is 22.6 Å². The van der Waals surface area contributed by atoms with Crippen LogP contribution in [0.1, 0.15) is 50.4 Å². The van der Waals surface area contributed by atoms with E-state index in [0.29, 0.717) is 11.5 Å². The summed E-state index contributed by atoms with van der Waals surface area (Å²) in [4.78, 5) is 12.3. The second-order valence-corrected chi connectivity index (χ2v) is 7.14. The molecule has 0 spiro atoms. The number of hydrogen-bond donors (Lipinski definition) is 1. The van der Waals surface area contributed by atoms with Crippen LogP contribution in [-0.4, -0.2) is 11.9 Å². The van der Waals surface area contributed by atoms with Gasteiger partial charge in [-0.05, 0) is 60.3 Å². The second kappa shape index (κ2) is 4.31. The third-order valence-corrected chi connectivity index (χ3v) is 6.21. The number of fused-ring (bicyclic) bond motifs is 2. The molecular weight excluding hydrogens is 253 g/mol. The predicted molar refractivity (Wildman–Crippen MR) is 76.9 cm³/mol. The fourth-order valence-corrected chi connectivity index (χ4v) is 4.26. The Kier molecular flexibility index (Phi) is 2.93. The fourth-order valence-electron chi connectivity index (χ4n) is 4.26. The van der Waals surface area contributed by atoms with Crippen molar-refractivity contribution in [2.45, 2.75) is 46.1 Å². The normalized spacial score (nSPS) is 34.2. The maximum absolute atomic E-state index is 12.9. The highest BCUT2D eigenvalue weighted by molar-refractivity contribution is 5.94. The Hall–Kier alpha value is -1.38. The smallest absolute Gasteiger partial charge is 0.251 e. The molecule has 2 aliphatic rings. The van der Waals surface area contributed by atoms with E-state index in [9.17, 15) is 9.18 Å². The zero-order valence-electron chi connectivity index (χ0n) is 12.4. The Morgan fingerprint density at radius 2 is 1.90 bits per heavy atom. The van der Waals surface area contributed by atoms with Crippen molar-refractivity contribution in [1.29, 1.82) is 0 Å². The molecule has 0 radical (unpaired) electrons. The Balaban J connectivity index is 1.76. The molecule has 1 aromatic rings. The lowest BCUT2D eigenvalue weighted by Crippen LogP contribution is -2.46. The number of carbonyl (C=O) groups is 1. The molecule has 3 atom stereocenters. The molecule has 1 amide bonds. The van der Waals surface area contributed by atoms with Gasteiger partial charge in [-0.25, -0.2) is 4.39 Å². The van der Waals surface area contributed by atoms with E-state index in [2.05, 4.69) is 26.1 Å². The molecular formula is C17H22FNO. The van der Waals surface area contributed by atoms with Crippen LogP contribution in [-0.2, 0) is 0 Å². The van der Waals surface area contributed by atoms with Gasteiger partial charge in [0.15, 0.2) is 0 Å². The van der Waals surface area contributed by atoms with Gasteiger partial charge in [-0.1, -0.05) is 20.8 Å². The molecule has 0 unspecified atom stereocenters. The molecule has 1 aromatic carbocycles. The van der Waals surface area contributed by atoms with Gasteiger partial charge in [-0.3, -0.25) is 4.79 Å². The van der Waals surface area contributed by atoms with Crippen LogP contribution in [0.25, 0.3) is 0 Å². The van der Waals surface area contributed by atoms with Crippen molar-refractivity contribution in [2.24, 2.45) is 16.7 Å². The molecule has 2 bridgehead atoms. The summed E-state index contributed by atoms with van der Waals surface area (Å²) < 4.78 is 12.9. The van der Waals surface area contributed by atoms with Crippen LogP contribution < -0.4 is 5.32 Å². The van der Waals surface area contributed by atoms with E-state index in [1.807, 2.05) is 0 Å². The van der Waals surface area contributed by atoms with Gasteiger partial charge in [0.25, 0.3) is 5.91 Å². The minimum Gasteiger partial charge on any atom is -0.349 e. The molecule has 0 saturated heterocycles. The zero-order valence-corrected chi connectivity index (χ0v) is 12.4. The molecule has 2 nitrogen and oxygen atoms in total. The standard InChI is InChI=1S/C17H22FNO/c1-16(2)12-8-9-17(16,3)14(10-12)19-15(20)11-4-6-13(18)7-5-11/h4-7,12,14H,8-10H2,1-3H3,(H,19,20)/t12-,14+,17+/m1/s1. The van der Waals surface area contributed by atoms with Gasteiger partial charge in [-0.15, -0.1) is 0 Å². The van der Waals surface area contributed by atoms with Crippen LogP contribution in [0.2, 0.25) is 0 Å². The van der Waals surface area contributed by atoms with Crippen LogP contribution in [0.4, 0.5) is 4.39 Å². The van der Waals surface area contributed by atoms with Crippen molar-refractivity contribution in [1.82, 2.24) is 5.32 Å². The highest BCUT2D eigenvalue weighted by Crippen LogP contribution is 2.65. The molecule has 108 valence electrons. The minimum atomic E-state index is -0.311. The zero-order chi connectivity index (χ0) is 14.5. The van der Waals surface area contributed by atoms with Gasteiger partial charge in [0.2, 0.25) is 0 Å². The summed E-state index contributed by atoms with van der Waals surface area (Å²) in [6, 6.07) is 5.99. The van der Waals surface area contributed by atoms with Crippen molar-refractivity contribution in [2.75, 3.05) is 0 Å². The maximum Gasteiger partial charge on any atom is 0.251 e. The quantitative estimate of drug-likeness (QED) is 0.874. The van der Waals surface area contributed by atoms with E-state index in [-0.39, 0.29) is 28.6 Å². The first-order valence-corrected chi connectivity index (χ1v) is 7.41. The molecule has 0 aliphatic heterocycles. The Bertz CT molecular complexity index is 536. The highest BCUT2D eigenvalue weighted by Gasteiger charge is 2.61. The molecule has 0 aromatic heterocycles. The first-order valence-electron chi connectivity index (χ1n) is 7.41. The number of benzene rings is 1. The molecule has 2 saturated carbocycles. The van der Waals surface area contributed by atoms with Crippen LogP contribution in [0.3, 0.4) is 0 Å².